The molecular formula is C7H6Cl2N4S2. The molecule has 2 aromatic rings. The van der Waals surface area contributed by atoms with Gasteiger partial charge < -0.3 is 0 Å². The highest BCUT2D eigenvalue weighted by molar-refractivity contribution is 8.01. The number of nitrogens with zero attached hydrogens (tertiary/aromatic N) is 4. The topological polar surface area (TPSA) is 43.1 Å². The van der Waals surface area contributed by atoms with Crippen LogP contribution in [0, 0.1) is 5.92 Å². The van der Waals surface area contributed by atoms with Gasteiger partial charge in [0.15, 0.2) is 4.34 Å². The van der Waals surface area contributed by atoms with Crippen LogP contribution in [0.25, 0.3) is 4.96 Å². The number of rotatable bonds is 3. The number of hydrogen-bond donors (Lipinski definition) is 0. The summed E-state index contributed by atoms with van der Waals surface area (Å²) >= 11 is 15.1. The second-order valence-corrected chi connectivity index (χ2v) is 7.16. The van der Waals surface area contributed by atoms with Gasteiger partial charge in [0, 0.05) is 11.7 Å². The predicted octanol–water partition coefficient (Wildman–Crippen LogP) is 2.47. The maximum atomic E-state index is 5.94. The fourth-order valence-electron chi connectivity index (χ4n) is 1.22. The Morgan fingerprint density at radius 1 is 1.67 bits per heavy atom. The van der Waals surface area contributed by atoms with Gasteiger partial charge in [0.2, 0.25) is 4.96 Å². The van der Waals surface area contributed by atoms with Gasteiger partial charge in [-0.1, -0.05) is 23.1 Å². The molecule has 0 radical (unpaired) electrons. The Morgan fingerprint density at radius 3 is 3.13 bits per heavy atom. The van der Waals surface area contributed by atoms with Gasteiger partial charge in [-0.05, 0) is 6.42 Å². The first-order chi connectivity index (χ1) is 7.15. The van der Waals surface area contributed by atoms with E-state index in [1.807, 2.05) is 0 Å². The number of fused-ring (bicyclic) bond motifs is 1. The summed E-state index contributed by atoms with van der Waals surface area (Å²) in [6, 6.07) is 0. The summed E-state index contributed by atoms with van der Waals surface area (Å²) in [4.78, 5) is 0.816. The molecule has 0 spiro atoms. The third-order valence-corrected chi connectivity index (χ3v) is 5.37. The maximum Gasteiger partial charge on any atom is 0.235 e. The molecule has 2 aromatic heterocycles. The molecule has 1 aliphatic rings. The van der Waals surface area contributed by atoms with Crippen molar-refractivity contribution < 1.29 is 0 Å². The molecule has 4 nitrogen and oxygen atoms in total. The van der Waals surface area contributed by atoms with Gasteiger partial charge in [-0.15, -0.1) is 38.5 Å². The summed E-state index contributed by atoms with van der Waals surface area (Å²) in [5, 5.41) is 12.0. The molecule has 0 N–H and O–H groups in total. The number of thioether (sulfide) groups is 1. The Labute approximate surface area is 104 Å². The van der Waals surface area contributed by atoms with Crippen LogP contribution in [0.2, 0.25) is 0 Å². The molecule has 2 heterocycles. The van der Waals surface area contributed by atoms with Crippen molar-refractivity contribution in [2.45, 2.75) is 15.1 Å². The lowest BCUT2D eigenvalue weighted by molar-refractivity contribution is 0.898. The summed E-state index contributed by atoms with van der Waals surface area (Å²) in [5.41, 5.74) is 0. The molecule has 0 aliphatic heterocycles. The van der Waals surface area contributed by atoms with E-state index in [-0.39, 0.29) is 0 Å². The normalized spacial score (nSPS) is 23.5. The van der Waals surface area contributed by atoms with Gasteiger partial charge >= 0.3 is 0 Å². The SMILES string of the molecule is ClC1(Cl)CC1CSc1nn2cnnc2s1. The summed E-state index contributed by atoms with van der Waals surface area (Å²) in [5.74, 6) is 1.30. The van der Waals surface area contributed by atoms with Gasteiger partial charge in [0.05, 0.1) is 0 Å². The Kier molecular flexibility index (Phi) is 2.35. The van der Waals surface area contributed by atoms with E-state index in [1.54, 1.807) is 22.6 Å². The zero-order valence-corrected chi connectivity index (χ0v) is 10.6. The van der Waals surface area contributed by atoms with Gasteiger partial charge in [0.1, 0.15) is 10.7 Å². The van der Waals surface area contributed by atoms with Crippen molar-refractivity contribution in [2.24, 2.45) is 5.92 Å². The fraction of sp³-hybridized carbons (Fsp3) is 0.571. The maximum absolute atomic E-state index is 5.94. The highest BCUT2D eigenvalue weighted by Crippen LogP contribution is 2.54. The number of halogens is 2. The third kappa shape index (κ3) is 1.95. The highest BCUT2D eigenvalue weighted by Gasteiger charge is 2.51. The van der Waals surface area contributed by atoms with Crippen molar-refractivity contribution in [3.63, 3.8) is 0 Å². The van der Waals surface area contributed by atoms with Crippen molar-refractivity contribution in [1.29, 1.82) is 0 Å². The molecule has 0 saturated heterocycles. The lowest BCUT2D eigenvalue weighted by Crippen LogP contribution is -1.92. The zero-order chi connectivity index (χ0) is 10.5. The minimum Gasteiger partial charge on any atom is -0.190 e. The first kappa shape index (κ1) is 10.1. The van der Waals surface area contributed by atoms with Gasteiger partial charge in [0.25, 0.3) is 0 Å². The van der Waals surface area contributed by atoms with Crippen molar-refractivity contribution in [2.75, 3.05) is 5.75 Å². The second-order valence-electron chi connectivity index (χ2n) is 3.40. The molecule has 3 rings (SSSR count). The third-order valence-electron chi connectivity index (χ3n) is 2.23. The smallest absolute Gasteiger partial charge is 0.190 e. The average molecular weight is 281 g/mol. The van der Waals surface area contributed by atoms with E-state index in [0.29, 0.717) is 5.92 Å². The van der Waals surface area contributed by atoms with Crippen LogP contribution in [-0.4, -0.2) is 29.9 Å². The van der Waals surface area contributed by atoms with Gasteiger partial charge in [-0.25, -0.2) is 0 Å². The summed E-state index contributed by atoms with van der Waals surface area (Å²) in [6.45, 7) is 0. The van der Waals surface area contributed by atoms with E-state index in [0.717, 1.165) is 21.5 Å². The van der Waals surface area contributed by atoms with Crippen molar-refractivity contribution >= 4 is 51.3 Å². The van der Waals surface area contributed by atoms with E-state index in [2.05, 4.69) is 15.3 Å². The van der Waals surface area contributed by atoms with E-state index in [9.17, 15) is 0 Å². The van der Waals surface area contributed by atoms with Crippen molar-refractivity contribution in [3.8, 4) is 0 Å². The molecule has 1 atom stereocenters. The van der Waals surface area contributed by atoms with Crippen LogP contribution >= 0.6 is 46.3 Å². The van der Waals surface area contributed by atoms with Crippen LogP contribution in [-0.2, 0) is 0 Å². The Balaban J connectivity index is 1.66. The lowest BCUT2D eigenvalue weighted by Gasteiger charge is -1.96. The molecule has 15 heavy (non-hydrogen) atoms. The van der Waals surface area contributed by atoms with Crippen LogP contribution in [0.5, 0.6) is 0 Å². The van der Waals surface area contributed by atoms with E-state index >= 15 is 0 Å². The van der Waals surface area contributed by atoms with Gasteiger partial charge in [-0.2, -0.15) is 4.52 Å². The molecule has 1 unspecified atom stereocenters. The summed E-state index contributed by atoms with van der Waals surface area (Å²) in [6.07, 6.45) is 2.48. The second kappa shape index (κ2) is 3.48. The van der Waals surface area contributed by atoms with Crippen LogP contribution in [0.1, 0.15) is 6.42 Å². The van der Waals surface area contributed by atoms with E-state index in [4.69, 9.17) is 23.2 Å². The van der Waals surface area contributed by atoms with Gasteiger partial charge in [-0.3, -0.25) is 0 Å². The first-order valence-electron chi connectivity index (χ1n) is 4.32. The Bertz CT molecular complexity index is 465. The monoisotopic (exact) mass is 280 g/mol. The molecule has 8 heteroatoms. The van der Waals surface area contributed by atoms with Crippen LogP contribution < -0.4 is 0 Å². The fourth-order valence-corrected chi connectivity index (χ4v) is 4.04. The predicted molar refractivity (Wildman–Crippen MR) is 61.9 cm³/mol. The highest BCUT2D eigenvalue weighted by atomic mass is 35.5. The molecule has 1 saturated carbocycles. The number of aromatic nitrogens is 4. The molecule has 0 aromatic carbocycles. The Morgan fingerprint density at radius 2 is 2.47 bits per heavy atom. The lowest BCUT2D eigenvalue weighted by atomic mass is 10.5. The molecule has 0 bridgehead atoms. The average Bonchev–Trinajstić information content (AvgIpc) is 2.54. The van der Waals surface area contributed by atoms with Crippen LogP contribution in [0.4, 0.5) is 0 Å². The largest absolute Gasteiger partial charge is 0.235 e. The number of alkyl halides is 2. The van der Waals surface area contributed by atoms with Crippen LogP contribution in [0.3, 0.4) is 0 Å². The molecule has 1 fully saturated rings. The van der Waals surface area contributed by atoms with Crippen LogP contribution in [0.15, 0.2) is 10.7 Å². The molecular weight excluding hydrogens is 275 g/mol. The van der Waals surface area contributed by atoms with E-state index in [1.165, 1.54) is 11.3 Å². The number of hydrogen-bond acceptors (Lipinski definition) is 5. The molecule has 80 valence electrons. The zero-order valence-electron chi connectivity index (χ0n) is 7.43. The van der Waals surface area contributed by atoms with E-state index < -0.39 is 4.33 Å². The summed E-state index contributed by atoms with van der Waals surface area (Å²) in [7, 11) is 0. The van der Waals surface area contributed by atoms with Crippen molar-refractivity contribution in [1.82, 2.24) is 19.8 Å². The minimum absolute atomic E-state index is 0.389. The Hall–Kier alpha value is -0.0400. The summed E-state index contributed by atoms with van der Waals surface area (Å²) < 4.78 is 2.16. The standard InChI is InChI=1S/C7H6Cl2N4S2/c8-7(9)1-4(7)2-14-6-12-13-3-10-11-5(13)15-6/h3-4H,1-2H2. The molecule has 0 amide bonds. The van der Waals surface area contributed by atoms with Crippen molar-refractivity contribution in [3.05, 3.63) is 6.33 Å². The quantitative estimate of drug-likeness (QED) is 0.640. The first-order valence-corrected chi connectivity index (χ1v) is 6.88. The minimum atomic E-state index is -0.494. The molecule has 1 aliphatic carbocycles.